The van der Waals surface area contributed by atoms with E-state index in [0.717, 1.165) is 0 Å². The smallest absolute Gasteiger partial charge is 0.324 e. The molecule has 0 spiro atoms. The number of carbonyl (C=O) groups excluding carboxylic acids is 2. The van der Waals surface area contributed by atoms with Gasteiger partial charge >= 0.3 is 11.9 Å². The van der Waals surface area contributed by atoms with Crippen molar-refractivity contribution in [3.8, 4) is 29.6 Å². The lowest BCUT2D eigenvalue weighted by molar-refractivity contribution is -0.168. The van der Waals surface area contributed by atoms with Crippen molar-refractivity contribution in [2.75, 3.05) is 35.5 Å². The van der Waals surface area contributed by atoms with Gasteiger partial charge in [0.05, 0.1) is 35.5 Å². The monoisotopic (exact) mass is 376 g/mol. The molecule has 0 N–H and O–H groups in total. The van der Waals surface area contributed by atoms with Gasteiger partial charge in [-0.3, -0.25) is 9.59 Å². The Morgan fingerprint density at radius 1 is 1.00 bits per heavy atom. The molecule has 0 saturated heterocycles. The summed E-state index contributed by atoms with van der Waals surface area (Å²) in [5.74, 6) is 2.27. The SMILES string of the molecule is C#CCC(C/C=C/c1cc(OC)c(OC)c(OC)c1)(C(=O)OC)C(=O)OC. The Labute approximate surface area is 159 Å². The van der Waals surface area contributed by atoms with Crippen LogP contribution in [0.4, 0.5) is 0 Å². The Bertz CT molecular complexity index is 702. The molecule has 0 bridgehead atoms. The highest BCUT2D eigenvalue weighted by atomic mass is 16.5. The molecule has 7 nitrogen and oxygen atoms in total. The number of hydrogen-bond acceptors (Lipinski definition) is 7. The van der Waals surface area contributed by atoms with Crippen molar-refractivity contribution in [3.05, 3.63) is 23.8 Å². The van der Waals surface area contributed by atoms with Gasteiger partial charge in [-0.15, -0.1) is 12.3 Å². The zero-order valence-electron chi connectivity index (χ0n) is 16.2. The van der Waals surface area contributed by atoms with Crippen LogP contribution in [-0.4, -0.2) is 47.5 Å². The molecule has 0 aliphatic heterocycles. The molecule has 0 aliphatic rings. The van der Waals surface area contributed by atoms with Crippen LogP contribution in [0.1, 0.15) is 18.4 Å². The lowest BCUT2D eigenvalue weighted by Gasteiger charge is -2.24. The number of ether oxygens (including phenoxy) is 5. The molecular formula is C20H24O7. The molecule has 7 heteroatoms. The molecule has 1 rings (SSSR count). The first-order chi connectivity index (χ1) is 12.9. The summed E-state index contributed by atoms with van der Waals surface area (Å²) in [6.45, 7) is 0. The van der Waals surface area contributed by atoms with E-state index in [4.69, 9.17) is 30.1 Å². The minimum atomic E-state index is -1.60. The second-order valence-electron chi connectivity index (χ2n) is 5.51. The molecule has 0 heterocycles. The predicted octanol–water partition coefficient (Wildman–Crippen LogP) is 2.47. The zero-order chi connectivity index (χ0) is 20.4. The summed E-state index contributed by atoms with van der Waals surface area (Å²) in [5, 5.41) is 0. The van der Waals surface area contributed by atoms with Gasteiger partial charge in [0.25, 0.3) is 0 Å². The van der Waals surface area contributed by atoms with Gasteiger partial charge in [-0.25, -0.2) is 0 Å². The molecule has 146 valence electrons. The van der Waals surface area contributed by atoms with Crippen LogP contribution in [0, 0.1) is 17.8 Å². The normalized spacial score (nSPS) is 10.8. The number of esters is 2. The van der Waals surface area contributed by atoms with Crippen LogP contribution >= 0.6 is 0 Å². The van der Waals surface area contributed by atoms with E-state index in [0.29, 0.717) is 22.8 Å². The summed E-state index contributed by atoms with van der Waals surface area (Å²) in [7, 11) is 6.92. The van der Waals surface area contributed by atoms with Crippen molar-refractivity contribution in [2.45, 2.75) is 12.8 Å². The molecule has 27 heavy (non-hydrogen) atoms. The highest BCUT2D eigenvalue weighted by Crippen LogP contribution is 2.39. The van der Waals surface area contributed by atoms with Crippen molar-refractivity contribution in [2.24, 2.45) is 5.41 Å². The number of methoxy groups -OCH3 is 5. The summed E-state index contributed by atoms with van der Waals surface area (Å²) in [4.78, 5) is 24.5. The predicted molar refractivity (Wildman–Crippen MR) is 99.7 cm³/mol. The standard InChI is InChI=1S/C20H24O7/c1-7-10-20(18(21)26-5,19(22)27-6)11-8-9-14-12-15(23-2)17(25-4)16(13-14)24-3/h1,8-9,12-13H,10-11H2,2-6H3/b9-8+. The van der Waals surface area contributed by atoms with E-state index < -0.39 is 17.4 Å². The average molecular weight is 376 g/mol. The molecule has 0 saturated carbocycles. The first-order valence-electron chi connectivity index (χ1n) is 8.00. The number of hydrogen-bond donors (Lipinski definition) is 0. The quantitative estimate of drug-likeness (QED) is 0.372. The van der Waals surface area contributed by atoms with Crippen LogP contribution in [0.15, 0.2) is 18.2 Å². The van der Waals surface area contributed by atoms with Crippen molar-refractivity contribution in [1.29, 1.82) is 0 Å². The summed E-state index contributed by atoms with van der Waals surface area (Å²) >= 11 is 0. The fourth-order valence-electron chi connectivity index (χ4n) is 2.63. The third-order valence-corrected chi connectivity index (χ3v) is 4.02. The second kappa shape index (κ2) is 10.1. The number of terminal acetylenes is 1. The second-order valence-corrected chi connectivity index (χ2v) is 5.51. The van der Waals surface area contributed by atoms with Gasteiger partial charge in [-0.1, -0.05) is 12.2 Å². The molecule has 0 aromatic heterocycles. The van der Waals surface area contributed by atoms with Crippen molar-refractivity contribution < 1.29 is 33.3 Å². The third kappa shape index (κ3) is 4.73. The largest absolute Gasteiger partial charge is 0.493 e. The van der Waals surface area contributed by atoms with Crippen LogP contribution in [0.25, 0.3) is 6.08 Å². The lowest BCUT2D eigenvalue weighted by Crippen LogP contribution is -2.40. The van der Waals surface area contributed by atoms with Crippen LogP contribution in [0.3, 0.4) is 0 Å². The van der Waals surface area contributed by atoms with Gasteiger partial charge in [-0.05, 0) is 24.1 Å². The van der Waals surface area contributed by atoms with Gasteiger partial charge in [0, 0.05) is 6.42 Å². The van der Waals surface area contributed by atoms with E-state index in [1.807, 2.05) is 0 Å². The maximum Gasteiger partial charge on any atom is 0.324 e. The van der Waals surface area contributed by atoms with Gasteiger partial charge in [0.15, 0.2) is 16.9 Å². The Balaban J connectivity index is 3.25. The molecule has 0 amide bonds. The minimum absolute atomic E-state index is 0.00715. The molecule has 0 atom stereocenters. The topological polar surface area (TPSA) is 80.3 Å². The van der Waals surface area contributed by atoms with Crippen molar-refractivity contribution in [3.63, 3.8) is 0 Å². The third-order valence-electron chi connectivity index (χ3n) is 4.02. The molecular weight excluding hydrogens is 352 g/mol. The highest BCUT2D eigenvalue weighted by Gasteiger charge is 2.47. The number of allylic oxidation sites excluding steroid dienone is 1. The molecule has 0 fully saturated rings. The molecule has 1 aromatic rings. The minimum Gasteiger partial charge on any atom is -0.493 e. The van der Waals surface area contributed by atoms with Gasteiger partial charge < -0.3 is 23.7 Å². The molecule has 0 aliphatic carbocycles. The van der Waals surface area contributed by atoms with Crippen molar-refractivity contribution in [1.82, 2.24) is 0 Å². The summed E-state index contributed by atoms with van der Waals surface area (Å²) in [6.07, 6.45) is 8.57. The highest BCUT2D eigenvalue weighted by molar-refractivity contribution is 6.00. The fraction of sp³-hybridized carbons (Fsp3) is 0.400. The Morgan fingerprint density at radius 2 is 1.52 bits per heavy atom. The first kappa shape index (κ1) is 21.9. The van der Waals surface area contributed by atoms with E-state index in [9.17, 15) is 9.59 Å². The molecule has 0 unspecified atom stereocenters. The number of benzene rings is 1. The van der Waals surface area contributed by atoms with Gasteiger partial charge in [-0.2, -0.15) is 0 Å². The van der Waals surface area contributed by atoms with Gasteiger partial charge in [0.2, 0.25) is 5.75 Å². The van der Waals surface area contributed by atoms with Crippen LogP contribution in [-0.2, 0) is 19.1 Å². The van der Waals surface area contributed by atoms with Gasteiger partial charge in [0.1, 0.15) is 0 Å². The molecule has 0 radical (unpaired) electrons. The van der Waals surface area contributed by atoms with E-state index in [1.165, 1.54) is 35.5 Å². The Hall–Kier alpha value is -3.14. The van der Waals surface area contributed by atoms with E-state index in [2.05, 4.69) is 5.92 Å². The first-order valence-corrected chi connectivity index (χ1v) is 8.00. The number of rotatable bonds is 9. The Morgan fingerprint density at radius 3 is 1.89 bits per heavy atom. The maximum absolute atomic E-state index is 12.2. The lowest BCUT2D eigenvalue weighted by atomic mass is 9.81. The van der Waals surface area contributed by atoms with Crippen LogP contribution in [0.2, 0.25) is 0 Å². The van der Waals surface area contributed by atoms with E-state index in [-0.39, 0.29) is 12.8 Å². The zero-order valence-corrected chi connectivity index (χ0v) is 16.2. The fourth-order valence-corrected chi connectivity index (χ4v) is 2.63. The van der Waals surface area contributed by atoms with E-state index in [1.54, 1.807) is 24.3 Å². The molecule has 1 aromatic carbocycles. The van der Waals surface area contributed by atoms with Crippen LogP contribution in [0.5, 0.6) is 17.2 Å². The Kier molecular flexibility index (Phi) is 8.21. The summed E-state index contributed by atoms with van der Waals surface area (Å²) in [5.41, 5.74) is -0.885. The number of carbonyl (C=O) groups is 2. The summed E-state index contributed by atoms with van der Waals surface area (Å²) in [6, 6.07) is 3.47. The van der Waals surface area contributed by atoms with Crippen LogP contribution < -0.4 is 14.2 Å². The van der Waals surface area contributed by atoms with E-state index >= 15 is 0 Å². The van der Waals surface area contributed by atoms with Crippen molar-refractivity contribution >= 4 is 18.0 Å². The maximum atomic E-state index is 12.2. The average Bonchev–Trinajstić information content (AvgIpc) is 2.70. The summed E-state index contributed by atoms with van der Waals surface area (Å²) < 4.78 is 25.4.